The first-order valence-electron chi connectivity index (χ1n) is 9.04. The third-order valence-electron chi connectivity index (χ3n) is 4.67. The van der Waals surface area contributed by atoms with Crippen LogP contribution in [0.4, 0.5) is 5.69 Å². The lowest BCUT2D eigenvalue weighted by molar-refractivity contribution is -0.385. The highest BCUT2D eigenvalue weighted by Gasteiger charge is 2.23. The summed E-state index contributed by atoms with van der Waals surface area (Å²) in [5, 5.41) is 11.1. The topological polar surface area (TPSA) is 75.9 Å². The lowest BCUT2D eigenvalue weighted by Crippen LogP contribution is -2.50. The van der Waals surface area contributed by atoms with Gasteiger partial charge >= 0.3 is 0 Å². The molecule has 0 aromatic heterocycles. The number of nitro benzene ring substituents is 1. The molecule has 7 nitrogen and oxygen atoms in total. The molecule has 1 fully saturated rings. The fourth-order valence-corrected chi connectivity index (χ4v) is 3.14. The van der Waals surface area contributed by atoms with Gasteiger partial charge in [0.2, 0.25) is 5.91 Å². The minimum atomic E-state index is -0.437. The Balaban J connectivity index is 1.43. The normalized spacial score (nSPS) is 14.7. The molecule has 0 bridgehead atoms. The molecule has 0 spiro atoms. The molecule has 0 radical (unpaired) electrons. The highest BCUT2D eigenvalue weighted by molar-refractivity contribution is 5.80. The van der Waals surface area contributed by atoms with Gasteiger partial charge in [0, 0.05) is 44.4 Å². The highest BCUT2D eigenvalue weighted by Crippen LogP contribution is 2.19. The quantitative estimate of drug-likeness (QED) is 0.553. The molecule has 1 heterocycles. The molecule has 0 atom stereocenters. The molecule has 2 aromatic carbocycles. The Kier molecular flexibility index (Phi) is 6.38. The monoisotopic (exact) mass is 369 g/mol. The molecule has 1 aliphatic rings. The summed E-state index contributed by atoms with van der Waals surface area (Å²) in [5.41, 5.74) is 0.466. The highest BCUT2D eigenvalue weighted by atomic mass is 16.6. The average molecular weight is 369 g/mol. The standard InChI is InChI=1S/C20H23N3O4/c24-20(16-17-6-4-5-9-19(17)23(25)26)22-12-10-21(11-13-22)14-15-27-18-7-2-1-3-8-18/h1-9H,10-16H2. The van der Waals surface area contributed by atoms with Crippen LogP contribution < -0.4 is 4.74 Å². The maximum atomic E-state index is 12.5. The second kappa shape index (κ2) is 9.14. The maximum Gasteiger partial charge on any atom is 0.273 e. The third kappa shape index (κ3) is 5.27. The first-order valence-corrected chi connectivity index (χ1v) is 9.04. The van der Waals surface area contributed by atoms with Gasteiger partial charge < -0.3 is 9.64 Å². The van der Waals surface area contributed by atoms with Gasteiger partial charge in [-0.2, -0.15) is 0 Å². The molecule has 1 saturated heterocycles. The molecule has 142 valence electrons. The SMILES string of the molecule is O=C(Cc1ccccc1[N+](=O)[O-])N1CCN(CCOc2ccccc2)CC1. The van der Waals surface area contributed by atoms with Crippen molar-refractivity contribution in [3.63, 3.8) is 0 Å². The number of hydrogen-bond donors (Lipinski definition) is 0. The van der Waals surface area contributed by atoms with Gasteiger partial charge in [0.1, 0.15) is 12.4 Å². The first-order chi connectivity index (χ1) is 13.1. The van der Waals surface area contributed by atoms with Crippen LogP contribution in [0, 0.1) is 10.1 Å². The maximum absolute atomic E-state index is 12.5. The summed E-state index contributed by atoms with van der Waals surface area (Å²) in [5.74, 6) is 0.792. The van der Waals surface area contributed by atoms with Crippen molar-refractivity contribution in [1.82, 2.24) is 9.80 Å². The van der Waals surface area contributed by atoms with E-state index in [9.17, 15) is 14.9 Å². The largest absolute Gasteiger partial charge is 0.492 e. The van der Waals surface area contributed by atoms with Gasteiger partial charge in [-0.3, -0.25) is 19.8 Å². The minimum Gasteiger partial charge on any atom is -0.492 e. The van der Waals surface area contributed by atoms with Crippen molar-refractivity contribution in [3.8, 4) is 5.75 Å². The molecule has 0 saturated carbocycles. The summed E-state index contributed by atoms with van der Waals surface area (Å²) in [6.07, 6.45) is 0.0638. The summed E-state index contributed by atoms with van der Waals surface area (Å²) in [6.45, 7) is 4.23. The van der Waals surface area contributed by atoms with E-state index in [1.54, 1.807) is 23.1 Å². The number of nitrogens with zero attached hydrogens (tertiary/aromatic N) is 3. The summed E-state index contributed by atoms with van der Waals surface area (Å²) in [6, 6.07) is 16.1. The van der Waals surface area contributed by atoms with Crippen LogP contribution in [-0.2, 0) is 11.2 Å². The van der Waals surface area contributed by atoms with Crippen molar-refractivity contribution < 1.29 is 14.5 Å². The molecule has 27 heavy (non-hydrogen) atoms. The molecular formula is C20H23N3O4. The van der Waals surface area contributed by atoms with E-state index in [4.69, 9.17) is 4.74 Å². The average Bonchev–Trinajstić information content (AvgIpc) is 2.69. The fraction of sp³-hybridized carbons (Fsp3) is 0.350. The lowest BCUT2D eigenvalue weighted by atomic mass is 10.1. The van der Waals surface area contributed by atoms with Crippen molar-refractivity contribution in [3.05, 3.63) is 70.3 Å². The number of carbonyl (C=O) groups is 1. The molecule has 0 aliphatic carbocycles. The fourth-order valence-electron chi connectivity index (χ4n) is 3.14. The zero-order valence-corrected chi connectivity index (χ0v) is 15.1. The van der Waals surface area contributed by atoms with Crippen molar-refractivity contribution >= 4 is 11.6 Å². The van der Waals surface area contributed by atoms with Gasteiger partial charge in [0.05, 0.1) is 11.3 Å². The Labute approximate surface area is 158 Å². The zero-order valence-electron chi connectivity index (χ0n) is 15.1. The summed E-state index contributed by atoms with van der Waals surface area (Å²) >= 11 is 0. The van der Waals surface area contributed by atoms with Crippen LogP contribution in [0.25, 0.3) is 0 Å². The van der Waals surface area contributed by atoms with E-state index in [1.165, 1.54) is 6.07 Å². The van der Waals surface area contributed by atoms with Crippen molar-refractivity contribution in [2.45, 2.75) is 6.42 Å². The number of para-hydroxylation sites is 2. The number of piperazine rings is 1. The van der Waals surface area contributed by atoms with Crippen LogP contribution in [0.3, 0.4) is 0 Å². The van der Waals surface area contributed by atoms with Crippen LogP contribution in [0.2, 0.25) is 0 Å². The van der Waals surface area contributed by atoms with Crippen LogP contribution in [0.1, 0.15) is 5.56 Å². The summed E-state index contributed by atoms with van der Waals surface area (Å²) < 4.78 is 5.71. The number of nitro groups is 1. The molecule has 0 unspecified atom stereocenters. The summed E-state index contributed by atoms with van der Waals surface area (Å²) in [7, 11) is 0. The smallest absolute Gasteiger partial charge is 0.273 e. The number of carbonyl (C=O) groups excluding carboxylic acids is 1. The van der Waals surface area contributed by atoms with Gasteiger partial charge in [-0.05, 0) is 12.1 Å². The van der Waals surface area contributed by atoms with Gasteiger partial charge in [0.15, 0.2) is 0 Å². The molecule has 7 heteroatoms. The number of rotatable bonds is 7. The second-order valence-electron chi connectivity index (χ2n) is 6.45. The van der Waals surface area contributed by atoms with Crippen molar-refractivity contribution in [2.24, 2.45) is 0 Å². The van der Waals surface area contributed by atoms with Crippen LogP contribution in [0.15, 0.2) is 54.6 Å². The van der Waals surface area contributed by atoms with Gasteiger partial charge in [-0.15, -0.1) is 0 Å². The number of hydrogen-bond acceptors (Lipinski definition) is 5. The predicted octanol–water partition coefficient (Wildman–Crippen LogP) is 2.36. The predicted molar refractivity (Wildman–Crippen MR) is 102 cm³/mol. The van der Waals surface area contributed by atoms with Crippen LogP contribution >= 0.6 is 0 Å². The summed E-state index contributed by atoms with van der Waals surface area (Å²) in [4.78, 5) is 27.2. The Morgan fingerprint density at radius 1 is 1.00 bits per heavy atom. The zero-order chi connectivity index (χ0) is 19.1. The Hall–Kier alpha value is -2.93. The molecule has 1 aliphatic heterocycles. The second-order valence-corrected chi connectivity index (χ2v) is 6.45. The van der Waals surface area contributed by atoms with Gasteiger partial charge in [-0.1, -0.05) is 36.4 Å². The van der Waals surface area contributed by atoms with Crippen LogP contribution in [-0.4, -0.2) is 60.0 Å². The van der Waals surface area contributed by atoms with Gasteiger partial charge in [-0.25, -0.2) is 0 Å². The Morgan fingerprint density at radius 3 is 2.37 bits per heavy atom. The molecule has 3 rings (SSSR count). The third-order valence-corrected chi connectivity index (χ3v) is 4.67. The van der Waals surface area contributed by atoms with E-state index in [1.807, 2.05) is 30.3 Å². The molecule has 1 amide bonds. The number of benzene rings is 2. The molecule has 0 N–H and O–H groups in total. The van der Waals surface area contributed by atoms with E-state index < -0.39 is 4.92 Å². The number of amides is 1. The van der Waals surface area contributed by atoms with E-state index in [0.717, 1.165) is 25.4 Å². The van der Waals surface area contributed by atoms with Crippen molar-refractivity contribution in [2.75, 3.05) is 39.3 Å². The first kappa shape index (κ1) is 18.8. The van der Waals surface area contributed by atoms with E-state index in [-0.39, 0.29) is 18.0 Å². The number of ether oxygens (including phenoxy) is 1. The van der Waals surface area contributed by atoms with Crippen LogP contribution in [0.5, 0.6) is 5.75 Å². The Bertz CT molecular complexity index is 774. The molecular weight excluding hydrogens is 346 g/mol. The van der Waals surface area contributed by atoms with E-state index in [2.05, 4.69) is 4.90 Å². The molecule has 2 aromatic rings. The Morgan fingerprint density at radius 2 is 1.67 bits per heavy atom. The minimum absolute atomic E-state index is 0.00236. The van der Waals surface area contributed by atoms with Crippen molar-refractivity contribution in [1.29, 1.82) is 0 Å². The lowest BCUT2D eigenvalue weighted by Gasteiger charge is -2.34. The van der Waals surface area contributed by atoms with E-state index in [0.29, 0.717) is 25.3 Å². The van der Waals surface area contributed by atoms with Gasteiger partial charge in [0.25, 0.3) is 5.69 Å². The van der Waals surface area contributed by atoms with E-state index >= 15 is 0 Å².